The van der Waals surface area contributed by atoms with Crippen LogP contribution < -0.4 is 5.32 Å². The summed E-state index contributed by atoms with van der Waals surface area (Å²) in [5.41, 5.74) is 0.577. The Bertz CT molecular complexity index is 1100. The maximum Gasteiger partial charge on any atom is 0.210 e. The third-order valence-electron chi connectivity index (χ3n) is 6.28. The van der Waals surface area contributed by atoms with Crippen molar-refractivity contribution in [3.8, 4) is 0 Å². The molecule has 2 aliphatic rings. The largest absolute Gasteiger partial charge is 0.393 e. The van der Waals surface area contributed by atoms with Crippen LogP contribution in [0.2, 0.25) is 0 Å². The molecule has 2 fully saturated rings. The number of aromatic nitrogens is 4. The van der Waals surface area contributed by atoms with E-state index in [1.807, 2.05) is 0 Å². The third-order valence-corrected chi connectivity index (χ3v) is 6.28. The number of nitrogens with zero attached hydrogens (tertiary/aromatic N) is 4. The molecule has 1 atom stereocenters. The quantitative estimate of drug-likeness (QED) is 0.614. The van der Waals surface area contributed by atoms with Crippen molar-refractivity contribution in [2.45, 2.75) is 50.7 Å². The number of ether oxygens (including phenoxy) is 1. The highest BCUT2D eigenvalue weighted by Crippen LogP contribution is 2.32. The Morgan fingerprint density at radius 3 is 2.50 bits per heavy atom. The van der Waals surface area contributed by atoms with Gasteiger partial charge in [0.1, 0.15) is 22.8 Å². The van der Waals surface area contributed by atoms with Crippen molar-refractivity contribution in [1.82, 2.24) is 19.5 Å². The lowest BCUT2D eigenvalue weighted by atomic mass is 9.85. The number of rotatable bonds is 5. The fraction of sp³-hybridized carbons (Fsp3) is 0.500. The summed E-state index contributed by atoms with van der Waals surface area (Å²) in [5, 5.41) is 12.4. The third kappa shape index (κ3) is 4.16. The van der Waals surface area contributed by atoms with Gasteiger partial charge in [0.05, 0.1) is 24.9 Å². The molecule has 0 unspecified atom stereocenters. The molecule has 0 amide bonds. The lowest BCUT2D eigenvalue weighted by molar-refractivity contribution is 0.108. The minimum absolute atomic E-state index is 0.110. The van der Waals surface area contributed by atoms with Gasteiger partial charge in [0.2, 0.25) is 5.95 Å². The Balaban J connectivity index is 1.51. The fourth-order valence-corrected chi connectivity index (χ4v) is 4.56. The molecule has 5 rings (SSSR count). The average Bonchev–Trinajstić information content (AvgIpc) is 3.39. The summed E-state index contributed by atoms with van der Waals surface area (Å²) in [6.07, 6.45) is 6.21. The number of aliphatic hydroxyl groups excluding tert-OH is 1. The number of hydrogen-bond donors (Lipinski definition) is 2. The predicted octanol–water partition coefficient (Wildman–Crippen LogP) is 4.04. The molecule has 1 saturated carbocycles. The van der Waals surface area contributed by atoms with Crippen molar-refractivity contribution < 1.29 is 23.0 Å². The van der Waals surface area contributed by atoms with Gasteiger partial charge in [-0.15, -0.1) is 0 Å². The first-order valence-corrected chi connectivity index (χ1v) is 10.9. The molecule has 2 aromatic heterocycles. The van der Waals surface area contributed by atoms with Crippen LogP contribution in [-0.4, -0.2) is 43.9 Å². The predicted molar refractivity (Wildman–Crippen MR) is 111 cm³/mol. The van der Waals surface area contributed by atoms with Crippen LogP contribution in [0.3, 0.4) is 0 Å². The monoisotopic (exact) mass is 447 g/mol. The van der Waals surface area contributed by atoms with Gasteiger partial charge in [-0.1, -0.05) is 0 Å². The van der Waals surface area contributed by atoms with E-state index in [2.05, 4.69) is 15.3 Å². The summed E-state index contributed by atoms with van der Waals surface area (Å²) in [5.74, 6) is -1.81. The second-order valence-corrected chi connectivity index (χ2v) is 8.57. The highest BCUT2D eigenvalue weighted by Gasteiger charge is 2.27. The van der Waals surface area contributed by atoms with Crippen molar-refractivity contribution in [2.24, 2.45) is 5.92 Å². The minimum atomic E-state index is -1.05. The summed E-state index contributed by atoms with van der Waals surface area (Å²) in [6, 6.07) is 1.13. The number of anilines is 2. The summed E-state index contributed by atoms with van der Waals surface area (Å²) >= 11 is 0. The molecule has 2 N–H and O–H groups in total. The number of nitrogens with one attached hydrogen (secondary N) is 1. The zero-order chi connectivity index (χ0) is 22.2. The van der Waals surface area contributed by atoms with Crippen molar-refractivity contribution in [3.63, 3.8) is 0 Å². The van der Waals surface area contributed by atoms with Crippen LogP contribution in [-0.2, 0) is 11.2 Å². The lowest BCUT2D eigenvalue weighted by Gasteiger charge is -2.24. The molecule has 10 heteroatoms. The molecule has 0 radical (unpaired) electrons. The van der Waals surface area contributed by atoms with E-state index >= 15 is 0 Å². The lowest BCUT2D eigenvalue weighted by Crippen LogP contribution is -2.20. The first-order valence-electron chi connectivity index (χ1n) is 10.9. The highest BCUT2D eigenvalue weighted by molar-refractivity contribution is 5.75. The van der Waals surface area contributed by atoms with E-state index in [0.717, 1.165) is 25.7 Å². The van der Waals surface area contributed by atoms with E-state index in [0.29, 0.717) is 61.1 Å². The zero-order valence-electron chi connectivity index (χ0n) is 17.4. The summed E-state index contributed by atoms with van der Waals surface area (Å²) in [7, 11) is 0. The molecule has 1 aromatic carbocycles. The first kappa shape index (κ1) is 21.1. The molecule has 7 nitrogen and oxygen atoms in total. The van der Waals surface area contributed by atoms with Gasteiger partial charge in [-0.3, -0.25) is 4.57 Å². The van der Waals surface area contributed by atoms with Crippen LogP contribution in [0.15, 0.2) is 18.3 Å². The smallest absolute Gasteiger partial charge is 0.210 e. The van der Waals surface area contributed by atoms with E-state index in [4.69, 9.17) is 9.72 Å². The number of imidazole rings is 1. The fourth-order valence-electron chi connectivity index (χ4n) is 4.56. The van der Waals surface area contributed by atoms with Crippen molar-refractivity contribution in [2.75, 3.05) is 18.5 Å². The summed E-state index contributed by atoms with van der Waals surface area (Å²) in [4.78, 5) is 13.7. The van der Waals surface area contributed by atoms with Gasteiger partial charge in [-0.25, -0.2) is 28.1 Å². The second kappa shape index (κ2) is 8.67. The molecule has 1 saturated heterocycles. The van der Waals surface area contributed by atoms with Crippen molar-refractivity contribution in [1.29, 1.82) is 0 Å². The highest BCUT2D eigenvalue weighted by atomic mass is 19.1. The molecular formula is C22H24F3N5O2. The standard InChI is InChI=1S/C22H24F3N5O2/c23-13-8-16(24)20(17(25)9-13)29-22-27-18-10-26-19(7-12-1-3-15(31)4-2-12)28-21(18)30(22)14-5-6-32-11-14/h8-10,12,14-15,31H,1-7,11H2,(H,27,29)/t12?,14-,15?/m0/s1. The first-order chi connectivity index (χ1) is 15.5. The maximum atomic E-state index is 14.3. The number of hydrogen-bond acceptors (Lipinski definition) is 6. The zero-order valence-corrected chi connectivity index (χ0v) is 17.4. The molecular weight excluding hydrogens is 423 g/mol. The SMILES string of the molecule is OC1CCC(Cc2ncc3nc(Nc4c(F)cc(F)cc4F)n([C@H]4CCOC4)c3n2)CC1. The van der Waals surface area contributed by atoms with Crippen molar-refractivity contribution in [3.05, 3.63) is 41.6 Å². The van der Waals surface area contributed by atoms with Gasteiger partial charge >= 0.3 is 0 Å². The Labute approximate surface area is 182 Å². The number of halogens is 3. The number of fused-ring (bicyclic) bond motifs is 1. The van der Waals surface area contributed by atoms with Crippen LogP contribution in [0.5, 0.6) is 0 Å². The van der Waals surface area contributed by atoms with Crippen LogP contribution in [0.4, 0.5) is 24.8 Å². The Morgan fingerprint density at radius 2 is 1.81 bits per heavy atom. The van der Waals surface area contributed by atoms with Gasteiger partial charge in [0.25, 0.3) is 0 Å². The molecule has 3 aromatic rings. The van der Waals surface area contributed by atoms with Gasteiger partial charge in [-0.2, -0.15) is 0 Å². The van der Waals surface area contributed by atoms with E-state index in [-0.39, 0.29) is 18.1 Å². The van der Waals surface area contributed by atoms with E-state index in [1.165, 1.54) is 0 Å². The summed E-state index contributed by atoms with van der Waals surface area (Å²) in [6.45, 7) is 0.986. The minimum Gasteiger partial charge on any atom is -0.393 e. The van der Waals surface area contributed by atoms with Crippen LogP contribution in [0.1, 0.15) is 44.0 Å². The van der Waals surface area contributed by atoms with Gasteiger partial charge < -0.3 is 15.2 Å². The van der Waals surface area contributed by atoms with E-state index in [9.17, 15) is 18.3 Å². The molecule has 0 spiro atoms. The number of benzene rings is 1. The van der Waals surface area contributed by atoms with Crippen LogP contribution in [0.25, 0.3) is 11.2 Å². The maximum absolute atomic E-state index is 14.3. The molecule has 3 heterocycles. The van der Waals surface area contributed by atoms with Crippen LogP contribution in [0, 0.1) is 23.4 Å². The van der Waals surface area contributed by atoms with E-state index < -0.39 is 23.1 Å². The second-order valence-electron chi connectivity index (χ2n) is 8.57. The van der Waals surface area contributed by atoms with Gasteiger partial charge in [-0.05, 0) is 38.0 Å². The topological polar surface area (TPSA) is 85.1 Å². The molecule has 1 aliphatic carbocycles. The van der Waals surface area contributed by atoms with E-state index in [1.54, 1.807) is 10.8 Å². The van der Waals surface area contributed by atoms with Gasteiger partial charge in [0.15, 0.2) is 17.3 Å². The normalized spacial score (nSPS) is 23.7. The number of aliphatic hydroxyl groups is 1. The van der Waals surface area contributed by atoms with Gasteiger partial charge in [0, 0.05) is 25.2 Å². The Kier molecular flexibility index (Phi) is 5.73. The Hall–Kier alpha value is -2.72. The van der Waals surface area contributed by atoms with Crippen molar-refractivity contribution >= 4 is 22.8 Å². The molecule has 0 bridgehead atoms. The Morgan fingerprint density at radius 1 is 1.06 bits per heavy atom. The molecule has 1 aliphatic heterocycles. The summed E-state index contributed by atoms with van der Waals surface area (Å²) < 4.78 is 49.2. The van der Waals surface area contributed by atoms with Crippen LogP contribution >= 0.6 is 0 Å². The molecule has 32 heavy (non-hydrogen) atoms. The molecule has 170 valence electrons. The average molecular weight is 447 g/mol.